The molecule has 7 nitrogen and oxygen atoms in total. The summed E-state index contributed by atoms with van der Waals surface area (Å²) in [6.45, 7) is 0.692. The third kappa shape index (κ3) is 3.61. The molecule has 1 saturated heterocycles. The maximum Gasteiger partial charge on any atom is 0.410 e. The lowest BCUT2D eigenvalue weighted by molar-refractivity contribution is -0.182. The van der Waals surface area contributed by atoms with Gasteiger partial charge in [-0.2, -0.15) is 0 Å². The Balaban J connectivity index is 1.19. The molecule has 5 aliphatic rings. The topological polar surface area (TPSA) is 78.0 Å². The van der Waals surface area contributed by atoms with Gasteiger partial charge in [0.1, 0.15) is 18.0 Å². The Morgan fingerprint density at radius 1 is 1.19 bits per heavy atom. The Morgan fingerprint density at radius 3 is 2.61 bits per heavy atom. The lowest BCUT2D eigenvalue weighted by atomic mass is 9.48. The predicted octanol–water partition coefficient (Wildman–Crippen LogP) is 3.32. The van der Waals surface area contributed by atoms with Crippen LogP contribution in [0.1, 0.15) is 38.5 Å². The van der Waals surface area contributed by atoms with Gasteiger partial charge in [-0.1, -0.05) is 0 Å². The molecule has 4 saturated carbocycles. The Labute approximate surface area is 179 Å². The van der Waals surface area contributed by atoms with Gasteiger partial charge in [0.05, 0.1) is 25.3 Å². The van der Waals surface area contributed by atoms with Crippen LogP contribution in [0.15, 0.2) is 12.3 Å². The van der Waals surface area contributed by atoms with Gasteiger partial charge in [0.25, 0.3) is 5.88 Å². The fourth-order valence-corrected chi connectivity index (χ4v) is 6.46. The van der Waals surface area contributed by atoms with Crippen molar-refractivity contribution in [3.05, 3.63) is 23.9 Å². The van der Waals surface area contributed by atoms with Gasteiger partial charge in [0.2, 0.25) is 0 Å². The molecule has 3 unspecified atom stereocenters. The van der Waals surface area contributed by atoms with Gasteiger partial charge in [-0.15, -0.1) is 0 Å². The number of esters is 1. The van der Waals surface area contributed by atoms with E-state index in [1.807, 2.05) is 0 Å². The minimum Gasteiger partial charge on any atom is -0.470 e. The molecule has 4 bridgehead atoms. The van der Waals surface area contributed by atoms with E-state index in [0.717, 1.165) is 31.5 Å². The first kappa shape index (κ1) is 20.5. The second-order valence-electron chi connectivity index (χ2n) is 9.51. The fraction of sp³-hybridized carbons (Fsp3) is 0.682. The van der Waals surface area contributed by atoms with Gasteiger partial charge in [-0.3, -0.25) is 4.79 Å². The summed E-state index contributed by atoms with van der Waals surface area (Å²) in [5.41, 5.74) is -0.410. The van der Waals surface area contributed by atoms with Crippen molar-refractivity contribution in [2.24, 2.45) is 23.2 Å². The van der Waals surface area contributed by atoms with E-state index in [9.17, 15) is 18.4 Å². The zero-order valence-corrected chi connectivity index (χ0v) is 17.4. The Bertz CT molecular complexity index is 881. The molecule has 0 N–H and O–H groups in total. The standard InChI is InChI=1S/C22H26F2N2O5/c1-29-20(27)22-7-12-4-13(8-22)18(14(5-12)9-22)31-21(28)26-3-2-16(11-26)30-19-17(24)6-15(23)10-25-19/h6,10,12-14,16,18H,2-5,7-9,11H2,1H3. The van der Waals surface area contributed by atoms with Crippen molar-refractivity contribution in [1.29, 1.82) is 0 Å². The molecule has 2 heterocycles. The summed E-state index contributed by atoms with van der Waals surface area (Å²) in [7, 11) is 1.44. The van der Waals surface area contributed by atoms with Crippen LogP contribution < -0.4 is 4.74 Å². The molecule has 31 heavy (non-hydrogen) atoms. The van der Waals surface area contributed by atoms with E-state index in [2.05, 4.69) is 4.98 Å². The minimum absolute atomic E-state index is 0.127. The van der Waals surface area contributed by atoms with Crippen LogP contribution in [0.2, 0.25) is 0 Å². The van der Waals surface area contributed by atoms with Crippen LogP contribution in [-0.2, 0) is 14.3 Å². The molecular weight excluding hydrogens is 410 g/mol. The molecule has 5 fully saturated rings. The van der Waals surface area contributed by atoms with Crippen molar-refractivity contribution < 1.29 is 32.6 Å². The van der Waals surface area contributed by atoms with E-state index in [0.29, 0.717) is 31.7 Å². The van der Waals surface area contributed by atoms with Crippen LogP contribution in [0.4, 0.5) is 13.6 Å². The summed E-state index contributed by atoms with van der Waals surface area (Å²) in [6.07, 6.45) is 4.67. The van der Waals surface area contributed by atoms with E-state index in [4.69, 9.17) is 14.2 Å². The number of amides is 1. The number of ether oxygens (including phenoxy) is 3. The van der Waals surface area contributed by atoms with Gasteiger partial charge in [-0.05, 0) is 49.9 Å². The summed E-state index contributed by atoms with van der Waals surface area (Å²) in [6, 6.07) is 0.719. The van der Waals surface area contributed by atoms with Gasteiger partial charge < -0.3 is 19.1 Å². The lowest BCUT2D eigenvalue weighted by Gasteiger charge is -2.57. The molecule has 1 aromatic heterocycles. The zero-order chi connectivity index (χ0) is 21.8. The molecule has 1 aliphatic heterocycles. The fourth-order valence-electron chi connectivity index (χ4n) is 6.46. The third-order valence-corrected chi connectivity index (χ3v) is 7.50. The van der Waals surface area contributed by atoms with Crippen molar-refractivity contribution in [3.8, 4) is 5.88 Å². The number of likely N-dealkylation sites (tertiary alicyclic amines) is 1. The van der Waals surface area contributed by atoms with Crippen molar-refractivity contribution in [2.75, 3.05) is 20.2 Å². The number of hydrogen-bond donors (Lipinski definition) is 0. The Kier molecular flexibility index (Phi) is 5.01. The average Bonchev–Trinajstić information content (AvgIpc) is 3.20. The largest absolute Gasteiger partial charge is 0.470 e. The summed E-state index contributed by atoms with van der Waals surface area (Å²) in [4.78, 5) is 30.5. The summed E-state index contributed by atoms with van der Waals surface area (Å²) in [5.74, 6) is -1.17. The monoisotopic (exact) mass is 436 g/mol. The highest BCUT2D eigenvalue weighted by atomic mass is 19.1. The molecule has 1 amide bonds. The number of carbonyl (C=O) groups is 2. The van der Waals surface area contributed by atoms with Crippen LogP contribution in [-0.4, -0.2) is 54.4 Å². The highest BCUT2D eigenvalue weighted by molar-refractivity contribution is 5.77. The molecule has 6 rings (SSSR count). The van der Waals surface area contributed by atoms with E-state index in [-0.39, 0.29) is 36.3 Å². The molecule has 168 valence electrons. The molecule has 9 heteroatoms. The van der Waals surface area contributed by atoms with Crippen LogP contribution >= 0.6 is 0 Å². The third-order valence-electron chi connectivity index (χ3n) is 7.50. The maximum atomic E-state index is 13.8. The smallest absolute Gasteiger partial charge is 0.410 e. The Morgan fingerprint density at radius 2 is 1.94 bits per heavy atom. The Hall–Kier alpha value is -2.45. The highest BCUT2D eigenvalue weighted by Gasteiger charge is 2.60. The van der Waals surface area contributed by atoms with Crippen LogP contribution in [0.5, 0.6) is 5.88 Å². The number of aromatic nitrogens is 1. The molecule has 0 radical (unpaired) electrons. The number of rotatable bonds is 4. The molecule has 0 spiro atoms. The summed E-state index contributed by atoms with van der Waals surface area (Å²) < 4.78 is 43.4. The number of halogens is 2. The maximum absolute atomic E-state index is 13.8. The first-order chi connectivity index (χ1) is 14.9. The van der Waals surface area contributed by atoms with Crippen molar-refractivity contribution in [3.63, 3.8) is 0 Å². The number of methoxy groups -OCH3 is 1. The van der Waals surface area contributed by atoms with E-state index in [1.54, 1.807) is 4.90 Å². The van der Waals surface area contributed by atoms with Crippen molar-refractivity contribution in [1.82, 2.24) is 9.88 Å². The van der Waals surface area contributed by atoms with E-state index < -0.39 is 29.2 Å². The van der Waals surface area contributed by atoms with Gasteiger partial charge in [0, 0.05) is 19.0 Å². The number of nitrogens with zero attached hydrogens (tertiary/aromatic N) is 2. The SMILES string of the molecule is COC(=O)C12CC3CC(C1)C(OC(=O)N1CCC(Oc4ncc(F)cc4F)C1)C(C3)C2. The van der Waals surface area contributed by atoms with Gasteiger partial charge in [-0.25, -0.2) is 18.6 Å². The molecule has 1 aromatic rings. The average molecular weight is 436 g/mol. The van der Waals surface area contributed by atoms with E-state index in [1.165, 1.54) is 7.11 Å². The number of hydrogen-bond acceptors (Lipinski definition) is 6. The first-order valence-corrected chi connectivity index (χ1v) is 10.9. The van der Waals surface area contributed by atoms with Gasteiger partial charge in [0.15, 0.2) is 5.82 Å². The minimum atomic E-state index is -0.867. The first-order valence-electron chi connectivity index (χ1n) is 10.9. The highest BCUT2D eigenvalue weighted by Crippen LogP contribution is 2.61. The van der Waals surface area contributed by atoms with Crippen LogP contribution in [0, 0.1) is 34.8 Å². The number of carbonyl (C=O) groups excluding carboxylic acids is 2. The van der Waals surface area contributed by atoms with Crippen molar-refractivity contribution >= 4 is 12.1 Å². The molecule has 3 atom stereocenters. The molecular formula is C22H26F2N2O5. The second kappa shape index (κ2) is 7.60. The van der Waals surface area contributed by atoms with Crippen LogP contribution in [0.3, 0.4) is 0 Å². The lowest BCUT2D eigenvalue weighted by Crippen LogP contribution is -2.58. The summed E-state index contributed by atoms with van der Waals surface area (Å²) in [5, 5.41) is 0. The van der Waals surface area contributed by atoms with Crippen molar-refractivity contribution in [2.45, 2.75) is 50.7 Å². The molecule has 0 aromatic carbocycles. The number of pyridine rings is 1. The predicted molar refractivity (Wildman–Crippen MR) is 103 cm³/mol. The van der Waals surface area contributed by atoms with Gasteiger partial charge >= 0.3 is 12.1 Å². The zero-order valence-electron chi connectivity index (χ0n) is 17.4. The second-order valence-corrected chi connectivity index (χ2v) is 9.51. The van der Waals surface area contributed by atoms with Crippen LogP contribution in [0.25, 0.3) is 0 Å². The van der Waals surface area contributed by atoms with E-state index >= 15 is 0 Å². The normalized spacial score (nSPS) is 35.8. The molecule has 4 aliphatic carbocycles. The summed E-state index contributed by atoms with van der Waals surface area (Å²) >= 11 is 0. The quantitative estimate of drug-likeness (QED) is 0.674.